The van der Waals surface area contributed by atoms with Crippen LogP contribution >= 0.6 is 11.8 Å². The predicted octanol–water partition coefficient (Wildman–Crippen LogP) is 2.31. The van der Waals surface area contributed by atoms with Gasteiger partial charge in [0.05, 0.1) is 0 Å². The first-order chi connectivity index (χ1) is 7.79. The third kappa shape index (κ3) is 2.55. The van der Waals surface area contributed by atoms with Gasteiger partial charge in [0.25, 0.3) is 5.91 Å². The van der Waals surface area contributed by atoms with E-state index in [0.29, 0.717) is 11.6 Å². The molecule has 0 bridgehead atoms. The van der Waals surface area contributed by atoms with Crippen LogP contribution < -0.4 is 0 Å². The van der Waals surface area contributed by atoms with Crippen molar-refractivity contribution in [2.45, 2.75) is 12.5 Å². The largest absolute Gasteiger partial charge is 0.275 e. The van der Waals surface area contributed by atoms with E-state index in [1.165, 1.54) is 11.8 Å². The summed E-state index contributed by atoms with van der Waals surface area (Å²) in [7, 11) is 0. The van der Waals surface area contributed by atoms with Crippen molar-refractivity contribution in [2.24, 2.45) is 15.2 Å². The van der Waals surface area contributed by atoms with Gasteiger partial charge in [-0.1, -0.05) is 42.1 Å². The quantitative estimate of drug-likeness (QED) is 0.787. The molecule has 1 aromatic rings. The molecular weight excluding hydrogens is 222 g/mol. The number of carbonyl (C=O) groups is 1. The van der Waals surface area contributed by atoms with E-state index in [4.69, 9.17) is 0 Å². The summed E-state index contributed by atoms with van der Waals surface area (Å²) in [5.74, 6) is -0.205. The summed E-state index contributed by atoms with van der Waals surface area (Å²) in [6.07, 6.45) is 2.39. The average Bonchev–Trinajstić information content (AvgIpc) is 2.33. The molecule has 1 aliphatic rings. The minimum Gasteiger partial charge on any atom is -0.270 e. The van der Waals surface area contributed by atoms with E-state index >= 15 is 0 Å². The maximum atomic E-state index is 11.6. The molecule has 0 fully saturated rings. The fourth-order valence-corrected chi connectivity index (χ4v) is 1.72. The number of azo groups is 1. The van der Waals surface area contributed by atoms with Crippen molar-refractivity contribution in [1.82, 2.24) is 0 Å². The van der Waals surface area contributed by atoms with Crippen molar-refractivity contribution in [3.8, 4) is 0 Å². The standard InChI is InChI=1S/C11H11N3OS/c1-16-11-12-10(15)9(13-14-11)7-8-5-3-2-4-6-8/h2-6,9H,7H2,1H3. The van der Waals surface area contributed by atoms with E-state index in [0.717, 1.165) is 5.56 Å². The molecule has 82 valence electrons. The highest BCUT2D eigenvalue weighted by molar-refractivity contribution is 8.13. The van der Waals surface area contributed by atoms with Crippen LogP contribution in [0.25, 0.3) is 0 Å². The number of thioether (sulfide) groups is 1. The van der Waals surface area contributed by atoms with E-state index in [9.17, 15) is 4.79 Å². The summed E-state index contributed by atoms with van der Waals surface area (Å²) in [6.45, 7) is 0. The molecule has 0 aromatic heterocycles. The molecule has 1 aromatic carbocycles. The summed E-state index contributed by atoms with van der Waals surface area (Å²) in [5.41, 5.74) is 1.07. The second kappa shape index (κ2) is 5.03. The molecule has 0 saturated carbocycles. The molecule has 1 aliphatic heterocycles. The predicted molar refractivity (Wildman–Crippen MR) is 64.7 cm³/mol. The normalized spacial score (nSPS) is 19.7. The molecule has 1 heterocycles. The number of hydrogen-bond acceptors (Lipinski definition) is 4. The number of benzene rings is 1. The molecule has 0 aliphatic carbocycles. The van der Waals surface area contributed by atoms with Crippen LogP contribution in [0, 0.1) is 0 Å². The van der Waals surface area contributed by atoms with Gasteiger partial charge in [0, 0.05) is 6.42 Å². The molecule has 4 nitrogen and oxygen atoms in total. The Hall–Kier alpha value is -1.49. The Morgan fingerprint density at radius 3 is 2.69 bits per heavy atom. The minimum absolute atomic E-state index is 0.205. The fourth-order valence-electron chi connectivity index (χ4n) is 1.41. The molecule has 1 atom stereocenters. The Morgan fingerprint density at radius 1 is 1.31 bits per heavy atom. The smallest absolute Gasteiger partial charge is 0.270 e. The number of amidine groups is 1. The van der Waals surface area contributed by atoms with Crippen molar-refractivity contribution >= 4 is 22.8 Å². The van der Waals surface area contributed by atoms with Gasteiger partial charge in [-0.25, -0.2) is 0 Å². The van der Waals surface area contributed by atoms with Crippen molar-refractivity contribution in [3.05, 3.63) is 35.9 Å². The molecular formula is C11H11N3OS. The number of nitrogens with zero attached hydrogens (tertiary/aromatic N) is 3. The van der Waals surface area contributed by atoms with Gasteiger partial charge in [0.1, 0.15) is 0 Å². The van der Waals surface area contributed by atoms with Gasteiger partial charge < -0.3 is 0 Å². The molecule has 1 unspecified atom stereocenters. The lowest BCUT2D eigenvalue weighted by Crippen LogP contribution is -2.22. The highest BCUT2D eigenvalue weighted by Crippen LogP contribution is 2.14. The fraction of sp³-hybridized carbons (Fsp3) is 0.273. The second-order valence-corrected chi connectivity index (χ2v) is 4.13. The van der Waals surface area contributed by atoms with Gasteiger partial charge >= 0.3 is 0 Å². The molecule has 5 heteroatoms. The SMILES string of the molecule is CSC1=NC(=O)C(Cc2ccccc2)N=N1. The van der Waals surface area contributed by atoms with Gasteiger partial charge in [-0.05, 0) is 11.8 Å². The monoisotopic (exact) mass is 233 g/mol. The van der Waals surface area contributed by atoms with Gasteiger partial charge in [0.2, 0.25) is 5.17 Å². The topological polar surface area (TPSA) is 54.1 Å². The Balaban J connectivity index is 2.07. The lowest BCUT2D eigenvalue weighted by molar-refractivity contribution is -0.119. The molecule has 0 saturated heterocycles. The Morgan fingerprint density at radius 2 is 2.06 bits per heavy atom. The van der Waals surface area contributed by atoms with Crippen LogP contribution in [0.3, 0.4) is 0 Å². The van der Waals surface area contributed by atoms with E-state index in [1.807, 2.05) is 36.6 Å². The molecule has 2 rings (SSSR count). The summed E-state index contributed by atoms with van der Waals surface area (Å²) in [5, 5.41) is 8.31. The van der Waals surface area contributed by atoms with E-state index in [-0.39, 0.29) is 5.91 Å². The molecule has 16 heavy (non-hydrogen) atoms. The minimum atomic E-state index is -0.460. The summed E-state index contributed by atoms with van der Waals surface area (Å²) < 4.78 is 0. The first-order valence-electron chi connectivity index (χ1n) is 4.91. The van der Waals surface area contributed by atoms with Crippen LogP contribution in [-0.4, -0.2) is 23.4 Å². The number of aliphatic imine (C=N–C) groups is 1. The number of rotatable bonds is 2. The maximum absolute atomic E-state index is 11.6. The highest BCUT2D eigenvalue weighted by Gasteiger charge is 2.22. The molecule has 0 spiro atoms. The first-order valence-corrected chi connectivity index (χ1v) is 6.13. The lowest BCUT2D eigenvalue weighted by Gasteiger charge is -2.11. The number of carbonyl (C=O) groups excluding carboxylic acids is 1. The van der Waals surface area contributed by atoms with Gasteiger partial charge in [-0.15, -0.1) is 5.11 Å². The maximum Gasteiger partial charge on any atom is 0.275 e. The van der Waals surface area contributed by atoms with Crippen LogP contribution in [0.4, 0.5) is 0 Å². The van der Waals surface area contributed by atoms with Crippen LogP contribution in [0.2, 0.25) is 0 Å². The summed E-state index contributed by atoms with van der Waals surface area (Å²) in [4.78, 5) is 15.5. The number of hydrogen-bond donors (Lipinski definition) is 0. The lowest BCUT2D eigenvalue weighted by atomic mass is 10.1. The Kier molecular flexibility index (Phi) is 3.46. The van der Waals surface area contributed by atoms with Crippen molar-refractivity contribution < 1.29 is 4.79 Å². The van der Waals surface area contributed by atoms with Crippen LogP contribution in [0.15, 0.2) is 45.6 Å². The first kappa shape index (κ1) is 11.0. The second-order valence-electron chi connectivity index (χ2n) is 3.36. The van der Waals surface area contributed by atoms with E-state index < -0.39 is 6.04 Å². The summed E-state index contributed by atoms with van der Waals surface area (Å²) >= 11 is 1.33. The average molecular weight is 233 g/mol. The van der Waals surface area contributed by atoms with Crippen LogP contribution in [-0.2, 0) is 11.2 Å². The third-order valence-electron chi connectivity index (χ3n) is 2.23. The molecule has 0 N–H and O–H groups in total. The van der Waals surface area contributed by atoms with E-state index in [1.54, 1.807) is 0 Å². The van der Waals surface area contributed by atoms with E-state index in [2.05, 4.69) is 15.2 Å². The third-order valence-corrected chi connectivity index (χ3v) is 2.77. The zero-order valence-electron chi connectivity index (χ0n) is 8.83. The van der Waals surface area contributed by atoms with Gasteiger partial charge in [0.15, 0.2) is 6.04 Å². The Bertz CT molecular complexity index is 442. The molecule has 0 radical (unpaired) electrons. The zero-order chi connectivity index (χ0) is 11.4. The molecule has 1 amide bonds. The zero-order valence-corrected chi connectivity index (χ0v) is 9.65. The van der Waals surface area contributed by atoms with Crippen molar-refractivity contribution in [1.29, 1.82) is 0 Å². The van der Waals surface area contributed by atoms with Crippen molar-refractivity contribution in [3.63, 3.8) is 0 Å². The van der Waals surface area contributed by atoms with Gasteiger partial charge in [-0.2, -0.15) is 10.1 Å². The van der Waals surface area contributed by atoms with Crippen molar-refractivity contribution in [2.75, 3.05) is 6.26 Å². The highest BCUT2D eigenvalue weighted by atomic mass is 32.2. The Labute approximate surface area is 97.9 Å². The summed E-state index contributed by atoms with van der Waals surface area (Å²) in [6, 6.07) is 9.30. The van der Waals surface area contributed by atoms with Crippen LogP contribution in [0.5, 0.6) is 0 Å². The number of amides is 1. The van der Waals surface area contributed by atoms with Crippen LogP contribution in [0.1, 0.15) is 5.56 Å². The van der Waals surface area contributed by atoms with Gasteiger partial charge in [-0.3, -0.25) is 4.79 Å².